The second-order valence-electron chi connectivity index (χ2n) is 7.46. The van der Waals surface area contributed by atoms with Crippen molar-refractivity contribution in [2.24, 2.45) is 0 Å². The Morgan fingerprint density at radius 2 is 2.04 bits per heavy atom. The van der Waals surface area contributed by atoms with Crippen LogP contribution in [0.15, 0.2) is 6.20 Å². The van der Waals surface area contributed by atoms with Crippen molar-refractivity contribution in [3.8, 4) is 5.75 Å². The molecule has 0 aromatic carbocycles. The van der Waals surface area contributed by atoms with E-state index in [1.807, 2.05) is 39.8 Å². The summed E-state index contributed by atoms with van der Waals surface area (Å²) in [7, 11) is 5.50. The topological polar surface area (TPSA) is 80.1 Å². The lowest BCUT2D eigenvalue weighted by atomic mass is 9.90. The molecule has 1 N–H and O–H groups in total. The Hall–Kier alpha value is -1.80. The second kappa shape index (κ2) is 6.60. The fraction of sp³-hybridized carbons (Fsp3) is 0.750. The van der Waals surface area contributed by atoms with Crippen LogP contribution in [0.2, 0.25) is 0 Å². The van der Waals surface area contributed by atoms with Crippen molar-refractivity contribution in [1.29, 1.82) is 0 Å². The van der Waals surface area contributed by atoms with E-state index in [-0.39, 0.29) is 13.1 Å². The molecule has 0 radical (unpaired) electrons. The Bertz CT molecular complexity index is 585. The van der Waals surface area contributed by atoms with Gasteiger partial charge < -0.3 is 24.4 Å². The SMILES string of the molecule is COc1cnn(CCN(C)C)c1C1(O)CN(C(=O)OC(C)(C)C)C1. The van der Waals surface area contributed by atoms with Gasteiger partial charge in [-0.2, -0.15) is 5.10 Å². The van der Waals surface area contributed by atoms with Crippen LogP contribution in [-0.2, 0) is 16.9 Å². The Morgan fingerprint density at radius 3 is 2.54 bits per heavy atom. The predicted octanol–water partition coefficient (Wildman–Crippen LogP) is 0.892. The van der Waals surface area contributed by atoms with Gasteiger partial charge in [0.05, 0.1) is 32.9 Å². The number of likely N-dealkylation sites (tertiary alicyclic amines) is 1. The number of rotatable bonds is 5. The van der Waals surface area contributed by atoms with E-state index in [9.17, 15) is 9.90 Å². The first-order valence-corrected chi connectivity index (χ1v) is 8.01. The molecule has 0 bridgehead atoms. The molecule has 0 unspecified atom stereocenters. The Kier molecular flexibility index (Phi) is 5.10. The monoisotopic (exact) mass is 340 g/mol. The summed E-state index contributed by atoms with van der Waals surface area (Å²) >= 11 is 0. The summed E-state index contributed by atoms with van der Waals surface area (Å²) in [5, 5.41) is 15.2. The minimum absolute atomic E-state index is 0.159. The zero-order valence-electron chi connectivity index (χ0n) is 15.4. The van der Waals surface area contributed by atoms with Gasteiger partial charge in [0.15, 0.2) is 5.75 Å². The number of hydrogen-bond acceptors (Lipinski definition) is 6. The molecule has 2 heterocycles. The Morgan fingerprint density at radius 1 is 1.42 bits per heavy atom. The van der Waals surface area contributed by atoms with Crippen LogP contribution in [0.1, 0.15) is 26.5 Å². The van der Waals surface area contributed by atoms with Gasteiger partial charge in [0.25, 0.3) is 0 Å². The van der Waals surface area contributed by atoms with Gasteiger partial charge in [-0.05, 0) is 34.9 Å². The predicted molar refractivity (Wildman–Crippen MR) is 89.0 cm³/mol. The van der Waals surface area contributed by atoms with Crippen LogP contribution in [0.3, 0.4) is 0 Å². The fourth-order valence-electron chi connectivity index (χ4n) is 2.64. The van der Waals surface area contributed by atoms with E-state index in [2.05, 4.69) is 5.10 Å². The lowest BCUT2D eigenvalue weighted by molar-refractivity contribution is -0.109. The molecule has 8 heteroatoms. The van der Waals surface area contributed by atoms with E-state index in [4.69, 9.17) is 9.47 Å². The molecule has 1 aliphatic heterocycles. The molecule has 1 aliphatic rings. The van der Waals surface area contributed by atoms with Crippen LogP contribution in [0.4, 0.5) is 4.79 Å². The lowest BCUT2D eigenvalue weighted by Crippen LogP contribution is -2.62. The molecule has 1 amide bonds. The maximum Gasteiger partial charge on any atom is 0.410 e. The Balaban J connectivity index is 2.11. The highest BCUT2D eigenvalue weighted by Crippen LogP contribution is 2.38. The molecule has 0 aliphatic carbocycles. The molecule has 1 aromatic heterocycles. The number of hydrogen-bond donors (Lipinski definition) is 1. The third kappa shape index (κ3) is 3.99. The van der Waals surface area contributed by atoms with Crippen molar-refractivity contribution in [1.82, 2.24) is 19.6 Å². The standard InChI is InChI=1S/C16H28N4O4/c1-15(2,3)24-14(21)19-10-16(22,11-19)13-12(23-6)9-17-20(13)8-7-18(4)5/h9,22H,7-8,10-11H2,1-6H3. The van der Waals surface area contributed by atoms with Gasteiger partial charge in [-0.3, -0.25) is 4.68 Å². The van der Waals surface area contributed by atoms with Gasteiger partial charge in [-0.15, -0.1) is 0 Å². The molecule has 0 saturated carbocycles. The quantitative estimate of drug-likeness (QED) is 0.857. The van der Waals surface area contributed by atoms with Gasteiger partial charge >= 0.3 is 6.09 Å². The summed E-state index contributed by atoms with van der Waals surface area (Å²) in [6.07, 6.45) is 1.17. The minimum Gasteiger partial charge on any atom is -0.493 e. The second-order valence-corrected chi connectivity index (χ2v) is 7.46. The van der Waals surface area contributed by atoms with Crippen LogP contribution in [-0.4, -0.2) is 77.2 Å². The van der Waals surface area contributed by atoms with Crippen molar-refractivity contribution < 1.29 is 19.4 Å². The fourth-order valence-corrected chi connectivity index (χ4v) is 2.64. The summed E-state index contributed by atoms with van der Waals surface area (Å²) < 4.78 is 12.4. The summed E-state index contributed by atoms with van der Waals surface area (Å²) in [6, 6.07) is 0. The van der Waals surface area contributed by atoms with Crippen LogP contribution in [0, 0.1) is 0 Å². The van der Waals surface area contributed by atoms with Gasteiger partial charge in [0.1, 0.15) is 16.9 Å². The summed E-state index contributed by atoms with van der Waals surface area (Å²) in [4.78, 5) is 15.6. The maximum atomic E-state index is 12.1. The molecular formula is C16H28N4O4. The normalized spacial score (nSPS) is 16.9. The number of β-amino-alcohol motifs (C(OH)–C–C–N with tert-alkyl or cyclic N) is 1. The molecule has 24 heavy (non-hydrogen) atoms. The third-order valence-electron chi connectivity index (χ3n) is 3.78. The minimum atomic E-state index is -1.18. The number of likely N-dealkylation sites (N-methyl/N-ethyl adjacent to an activating group) is 1. The van der Waals surface area contributed by atoms with E-state index < -0.39 is 17.3 Å². The summed E-state index contributed by atoms with van der Waals surface area (Å²) in [5.41, 5.74) is -1.13. The molecule has 8 nitrogen and oxygen atoms in total. The average molecular weight is 340 g/mol. The maximum absolute atomic E-state index is 12.1. The van der Waals surface area contributed by atoms with Crippen LogP contribution in [0.5, 0.6) is 5.75 Å². The van der Waals surface area contributed by atoms with Gasteiger partial charge in [-0.25, -0.2) is 4.79 Å². The highest BCUT2D eigenvalue weighted by atomic mass is 16.6. The number of aliphatic hydroxyl groups is 1. The van der Waals surface area contributed by atoms with Crippen LogP contribution >= 0.6 is 0 Å². The van der Waals surface area contributed by atoms with Gasteiger partial charge in [-0.1, -0.05) is 0 Å². The zero-order chi connectivity index (χ0) is 18.1. The molecular weight excluding hydrogens is 312 g/mol. The molecule has 1 aromatic rings. The number of carbonyl (C=O) groups excluding carboxylic acids is 1. The van der Waals surface area contributed by atoms with E-state index in [1.165, 1.54) is 4.90 Å². The third-order valence-corrected chi connectivity index (χ3v) is 3.78. The molecule has 0 spiro atoms. The number of amides is 1. The van der Waals surface area contributed by atoms with Crippen molar-refractivity contribution >= 4 is 6.09 Å². The molecule has 1 saturated heterocycles. The summed E-state index contributed by atoms with van der Waals surface area (Å²) in [5.74, 6) is 0.528. The zero-order valence-corrected chi connectivity index (χ0v) is 15.4. The first kappa shape index (κ1) is 18.5. The number of aromatic nitrogens is 2. The number of nitrogens with zero attached hydrogens (tertiary/aromatic N) is 4. The van der Waals surface area contributed by atoms with Crippen LogP contribution in [0.25, 0.3) is 0 Å². The van der Waals surface area contributed by atoms with Gasteiger partial charge in [0.2, 0.25) is 0 Å². The molecule has 2 rings (SSSR count). The van der Waals surface area contributed by atoms with Crippen molar-refractivity contribution in [2.75, 3.05) is 40.8 Å². The lowest BCUT2D eigenvalue weighted by Gasteiger charge is -2.46. The first-order valence-electron chi connectivity index (χ1n) is 8.01. The molecule has 0 atom stereocenters. The first-order chi connectivity index (χ1) is 11.1. The van der Waals surface area contributed by atoms with E-state index in [1.54, 1.807) is 18.0 Å². The van der Waals surface area contributed by atoms with Crippen LogP contribution < -0.4 is 4.74 Å². The van der Waals surface area contributed by atoms with Crippen molar-refractivity contribution in [3.63, 3.8) is 0 Å². The number of methoxy groups -OCH3 is 1. The Labute approximate surface area is 142 Å². The molecule has 136 valence electrons. The highest BCUT2D eigenvalue weighted by Gasteiger charge is 2.50. The average Bonchev–Trinajstić information content (AvgIpc) is 2.83. The van der Waals surface area contributed by atoms with Crippen molar-refractivity contribution in [2.45, 2.75) is 38.5 Å². The highest BCUT2D eigenvalue weighted by molar-refractivity contribution is 5.70. The van der Waals surface area contributed by atoms with E-state index in [0.717, 1.165) is 6.54 Å². The smallest absolute Gasteiger partial charge is 0.410 e. The van der Waals surface area contributed by atoms with Gasteiger partial charge in [0, 0.05) is 6.54 Å². The number of carbonyl (C=O) groups is 1. The van der Waals surface area contributed by atoms with E-state index in [0.29, 0.717) is 18.0 Å². The van der Waals surface area contributed by atoms with E-state index >= 15 is 0 Å². The number of ether oxygens (including phenoxy) is 2. The van der Waals surface area contributed by atoms with Crippen molar-refractivity contribution in [3.05, 3.63) is 11.9 Å². The molecule has 1 fully saturated rings. The summed E-state index contributed by atoms with van der Waals surface area (Å²) in [6.45, 7) is 7.17. The largest absolute Gasteiger partial charge is 0.493 e.